The second-order valence-corrected chi connectivity index (χ2v) is 8.31. The van der Waals surface area contributed by atoms with Gasteiger partial charge in [0.15, 0.2) is 0 Å². The molecular formula is C18H20NO5S2-. The van der Waals surface area contributed by atoms with Crippen molar-refractivity contribution in [1.29, 1.82) is 0 Å². The van der Waals surface area contributed by atoms with Crippen molar-refractivity contribution in [3.05, 3.63) is 54.1 Å². The summed E-state index contributed by atoms with van der Waals surface area (Å²) in [6, 6.07) is 12.0. The van der Waals surface area contributed by atoms with Gasteiger partial charge >= 0.3 is 0 Å². The van der Waals surface area contributed by atoms with Crippen LogP contribution in [0.2, 0.25) is 0 Å². The number of sulfonamides is 1. The van der Waals surface area contributed by atoms with Crippen LogP contribution in [0.3, 0.4) is 0 Å². The summed E-state index contributed by atoms with van der Waals surface area (Å²) in [5.74, 6) is 0.221. The van der Waals surface area contributed by atoms with Crippen molar-refractivity contribution in [2.24, 2.45) is 0 Å². The average Bonchev–Trinajstić information content (AvgIpc) is 2.61. The number of carbonyl (C=O) groups is 1. The van der Waals surface area contributed by atoms with Crippen LogP contribution < -0.4 is 14.6 Å². The molecule has 0 heterocycles. The van der Waals surface area contributed by atoms with Crippen LogP contribution in [0.5, 0.6) is 11.5 Å². The summed E-state index contributed by atoms with van der Waals surface area (Å²) in [4.78, 5) is 11.1. The molecule has 0 bridgehead atoms. The number of benzene rings is 2. The van der Waals surface area contributed by atoms with Crippen LogP contribution >= 0.6 is 11.8 Å². The van der Waals surface area contributed by atoms with E-state index in [9.17, 15) is 18.3 Å². The van der Waals surface area contributed by atoms with E-state index in [2.05, 4.69) is 4.72 Å². The highest BCUT2D eigenvalue weighted by Crippen LogP contribution is 2.25. The van der Waals surface area contributed by atoms with Crippen molar-refractivity contribution < 1.29 is 23.1 Å². The molecule has 2 rings (SSSR count). The lowest BCUT2D eigenvalue weighted by Crippen LogP contribution is -2.48. The molecule has 26 heavy (non-hydrogen) atoms. The maximum absolute atomic E-state index is 12.4. The van der Waals surface area contributed by atoms with Crippen LogP contribution in [-0.2, 0) is 14.8 Å². The Kier molecular flexibility index (Phi) is 7.07. The Bertz CT molecular complexity index is 850. The molecule has 0 saturated carbocycles. The Labute approximate surface area is 157 Å². The highest BCUT2D eigenvalue weighted by atomic mass is 32.2. The number of nitrogens with one attached hydrogen (secondary N) is 1. The third-order valence-electron chi connectivity index (χ3n) is 3.65. The first-order chi connectivity index (χ1) is 12.3. The molecule has 1 atom stereocenters. The first-order valence-corrected chi connectivity index (χ1v) is 10.8. The molecule has 0 aliphatic rings. The number of aryl methyl sites for hydroxylation is 1. The van der Waals surface area contributed by atoms with Crippen molar-refractivity contribution in [2.75, 3.05) is 12.0 Å². The molecule has 0 amide bonds. The monoisotopic (exact) mass is 394 g/mol. The zero-order chi connectivity index (χ0) is 19.2. The number of ether oxygens (including phenoxy) is 1. The standard InChI is InChI=1S/C18H21NO5S2/c1-13-5-3-4-6-17(13)24-14-7-9-15(10-8-14)26(22,23)19-16(18(20)21)11-12-25-2/h3-10,16,19H,11-12H2,1-2H3,(H,20,21)/p-1/t16-/m1/s1. The second kappa shape index (κ2) is 9.07. The summed E-state index contributed by atoms with van der Waals surface area (Å²) in [7, 11) is -3.97. The summed E-state index contributed by atoms with van der Waals surface area (Å²) >= 11 is 1.43. The summed E-state index contributed by atoms with van der Waals surface area (Å²) in [6.07, 6.45) is 1.96. The van der Waals surface area contributed by atoms with Gasteiger partial charge in [0.05, 0.1) is 16.9 Å². The number of rotatable bonds is 9. The lowest BCUT2D eigenvalue weighted by atomic mass is 10.2. The van der Waals surface area contributed by atoms with Crippen molar-refractivity contribution in [3.8, 4) is 11.5 Å². The third kappa shape index (κ3) is 5.48. The zero-order valence-electron chi connectivity index (χ0n) is 14.5. The molecule has 2 aromatic rings. The highest BCUT2D eigenvalue weighted by molar-refractivity contribution is 7.98. The SMILES string of the molecule is CSCC[C@@H](NS(=O)(=O)c1ccc(Oc2ccccc2C)cc1)C(=O)[O-]. The number of carbonyl (C=O) groups excluding carboxylic acids is 1. The van der Waals surface area contributed by atoms with E-state index in [1.165, 1.54) is 36.0 Å². The van der Waals surface area contributed by atoms with Crippen molar-refractivity contribution in [1.82, 2.24) is 4.72 Å². The summed E-state index contributed by atoms with van der Waals surface area (Å²) in [5, 5.41) is 11.1. The Morgan fingerprint density at radius 1 is 1.19 bits per heavy atom. The van der Waals surface area contributed by atoms with Gasteiger partial charge in [-0.15, -0.1) is 0 Å². The van der Waals surface area contributed by atoms with Crippen molar-refractivity contribution >= 4 is 27.8 Å². The molecule has 0 aromatic heterocycles. The van der Waals surface area contributed by atoms with E-state index in [4.69, 9.17) is 4.74 Å². The maximum atomic E-state index is 12.4. The van der Waals surface area contributed by atoms with E-state index >= 15 is 0 Å². The quantitative estimate of drug-likeness (QED) is 0.698. The van der Waals surface area contributed by atoms with Crippen molar-refractivity contribution in [3.63, 3.8) is 0 Å². The molecular weight excluding hydrogens is 374 g/mol. The van der Waals surface area contributed by atoms with Crippen molar-refractivity contribution in [2.45, 2.75) is 24.3 Å². The molecule has 6 nitrogen and oxygen atoms in total. The molecule has 0 aliphatic heterocycles. The minimum absolute atomic E-state index is 0.0370. The first kappa shape index (κ1) is 20.3. The van der Waals surface area contributed by atoms with E-state index in [0.717, 1.165) is 5.56 Å². The van der Waals surface area contributed by atoms with Crippen LogP contribution in [0.1, 0.15) is 12.0 Å². The molecule has 0 spiro atoms. The number of carboxylic acids is 1. The van der Waals surface area contributed by atoms with Crippen LogP contribution in [-0.4, -0.2) is 32.4 Å². The predicted molar refractivity (Wildman–Crippen MR) is 99.8 cm³/mol. The number of thioether (sulfide) groups is 1. The first-order valence-electron chi connectivity index (χ1n) is 7.89. The minimum Gasteiger partial charge on any atom is -0.548 e. The van der Waals surface area contributed by atoms with Gasteiger partial charge in [0.1, 0.15) is 11.5 Å². The molecule has 0 fully saturated rings. The number of hydrogen-bond acceptors (Lipinski definition) is 6. The normalized spacial score (nSPS) is 12.5. The van der Waals surface area contributed by atoms with E-state index in [0.29, 0.717) is 17.3 Å². The van der Waals surface area contributed by atoms with Gasteiger partial charge in [-0.3, -0.25) is 0 Å². The molecule has 8 heteroatoms. The van der Waals surface area contributed by atoms with E-state index in [-0.39, 0.29) is 11.3 Å². The van der Waals surface area contributed by atoms with Crippen LogP contribution in [0.25, 0.3) is 0 Å². The Balaban J connectivity index is 2.13. The van der Waals surface area contributed by atoms with Gasteiger partial charge in [-0.1, -0.05) is 18.2 Å². The number of carboxylic acid groups (broad SMARTS) is 1. The lowest BCUT2D eigenvalue weighted by Gasteiger charge is -2.19. The van der Waals surface area contributed by atoms with Gasteiger partial charge in [0, 0.05) is 0 Å². The summed E-state index contributed by atoms with van der Waals surface area (Å²) in [6.45, 7) is 1.91. The van der Waals surface area contributed by atoms with Gasteiger partial charge in [-0.2, -0.15) is 11.8 Å². The maximum Gasteiger partial charge on any atom is 0.241 e. The molecule has 2 aromatic carbocycles. The largest absolute Gasteiger partial charge is 0.548 e. The smallest absolute Gasteiger partial charge is 0.241 e. The Morgan fingerprint density at radius 3 is 2.42 bits per heavy atom. The molecule has 0 saturated heterocycles. The van der Waals surface area contributed by atoms with Gasteiger partial charge in [0.25, 0.3) is 0 Å². The number of aliphatic carboxylic acids is 1. The number of hydrogen-bond donors (Lipinski definition) is 1. The van der Waals surface area contributed by atoms with Gasteiger partial charge in [0.2, 0.25) is 10.0 Å². The summed E-state index contributed by atoms with van der Waals surface area (Å²) < 4.78 is 32.7. The van der Waals surface area contributed by atoms with Gasteiger partial charge in [-0.05, 0) is 61.2 Å². The van der Waals surface area contributed by atoms with E-state index in [1.807, 2.05) is 37.4 Å². The molecule has 1 N–H and O–H groups in total. The Morgan fingerprint density at radius 2 is 1.85 bits per heavy atom. The molecule has 140 valence electrons. The fourth-order valence-electron chi connectivity index (χ4n) is 2.20. The minimum atomic E-state index is -3.97. The Hall–Kier alpha value is -2.03. The van der Waals surface area contributed by atoms with E-state index in [1.54, 1.807) is 0 Å². The average molecular weight is 394 g/mol. The number of para-hydroxylation sites is 1. The van der Waals surface area contributed by atoms with Crippen LogP contribution in [0, 0.1) is 6.92 Å². The predicted octanol–water partition coefficient (Wildman–Crippen LogP) is 1.94. The summed E-state index contributed by atoms with van der Waals surface area (Å²) in [5.41, 5.74) is 0.955. The molecule has 0 radical (unpaired) electrons. The van der Waals surface area contributed by atoms with Gasteiger partial charge in [-0.25, -0.2) is 13.1 Å². The topological polar surface area (TPSA) is 95.5 Å². The second-order valence-electron chi connectivity index (χ2n) is 5.61. The fourth-order valence-corrected chi connectivity index (χ4v) is 3.89. The third-order valence-corrected chi connectivity index (χ3v) is 5.78. The molecule has 0 aliphatic carbocycles. The highest BCUT2D eigenvalue weighted by Gasteiger charge is 2.20. The van der Waals surface area contributed by atoms with E-state index < -0.39 is 22.0 Å². The van der Waals surface area contributed by atoms with Crippen LogP contribution in [0.4, 0.5) is 0 Å². The fraction of sp³-hybridized carbons (Fsp3) is 0.278. The molecule has 0 unspecified atom stereocenters. The zero-order valence-corrected chi connectivity index (χ0v) is 16.1. The van der Waals surface area contributed by atoms with Gasteiger partial charge < -0.3 is 14.6 Å². The van der Waals surface area contributed by atoms with Crippen LogP contribution in [0.15, 0.2) is 53.4 Å². The lowest BCUT2D eigenvalue weighted by molar-refractivity contribution is -0.308.